The second-order valence-electron chi connectivity index (χ2n) is 4.58. The van der Waals surface area contributed by atoms with E-state index in [1.807, 2.05) is 11.8 Å². The summed E-state index contributed by atoms with van der Waals surface area (Å²) in [5.41, 5.74) is 3.64. The van der Waals surface area contributed by atoms with E-state index in [2.05, 4.69) is 42.9 Å². The Morgan fingerprint density at radius 2 is 2.22 bits per heavy atom. The van der Waals surface area contributed by atoms with Crippen molar-refractivity contribution in [1.29, 1.82) is 0 Å². The summed E-state index contributed by atoms with van der Waals surface area (Å²) in [4.78, 5) is 4.74. The van der Waals surface area contributed by atoms with Gasteiger partial charge in [0.25, 0.3) is 0 Å². The molecule has 1 aromatic heterocycles. The third kappa shape index (κ3) is 2.52. The zero-order chi connectivity index (χ0) is 13.1. The van der Waals surface area contributed by atoms with E-state index < -0.39 is 0 Å². The maximum Gasteiger partial charge on any atom is 0.111 e. The number of alkyl halides is 1. The van der Waals surface area contributed by atoms with Gasteiger partial charge in [0, 0.05) is 24.1 Å². The van der Waals surface area contributed by atoms with E-state index >= 15 is 0 Å². The number of thioether (sulfide) groups is 1. The van der Waals surface area contributed by atoms with Crippen LogP contribution in [0.2, 0.25) is 0 Å². The minimum Gasteiger partial charge on any atom is -0.324 e. The second-order valence-corrected chi connectivity index (χ2v) is 5.87. The van der Waals surface area contributed by atoms with Gasteiger partial charge in [0.15, 0.2) is 0 Å². The number of para-hydroxylation sites is 1. The largest absolute Gasteiger partial charge is 0.324 e. The molecule has 1 heterocycles. The van der Waals surface area contributed by atoms with E-state index in [1.165, 1.54) is 11.1 Å². The van der Waals surface area contributed by atoms with Crippen LogP contribution in [-0.4, -0.2) is 27.4 Å². The van der Waals surface area contributed by atoms with Crippen molar-refractivity contribution in [3.05, 3.63) is 29.6 Å². The number of rotatable bonds is 5. The van der Waals surface area contributed by atoms with Gasteiger partial charge in [-0.25, -0.2) is 4.98 Å². The lowest BCUT2D eigenvalue weighted by Crippen LogP contribution is -2.12. The number of hydrogen-bond acceptors (Lipinski definition) is 2. The molecule has 0 amide bonds. The van der Waals surface area contributed by atoms with Gasteiger partial charge < -0.3 is 4.57 Å². The molecule has 2 rings (SSSR count). The molecular weight excluding hydrogens is 264 g/mol. The highest BCUT2D eigenvalue weighted by Gasteiger charge is 2.16. The van der Waals surface area contributed by atoms with Crippen LogP contribution >= 0.6 is 23.4 Å². The molecule has 98 valence electrons. The summed E-state index contributed by atoms with van der Waals surface area (Å²) < 4.78 is 2.36. The molecular formula is C14H19ClN2S. The molecule has 1 unspecified atom stereocenters. The zero-order valence-corrected chi connectivity index (χ0v) is 12.7. The molecule has 0 saturated heterocycles. The smallest absolute Gasteiger partial charge is 0.111 e. The molecule has 0 aliphatic carbocycles. The Morgan fingerprint density at radius 3 is 2.89 bits per heavy atom. The first kappa shape index (κ1) is 13.8. The molecule has 2 nitrogen and oxygen atoms in total. The molecule has 0 radical (unpaired) electrons. The Kier molecular flexibility index (Phi) is 4.57. The Labute approximate surface area is 118 Å². The summed E-state index contributed by atoms with van der Waals surface area (Å²) in [7, 11) is 0. The Balaban J connectivity index is 2.60. The SMILES string of the molecule is CSCC(C)n1c(CCCl)nc2cccc(C)c21. The van der Waals surface area contributed by atoms with Crippen molar-refractivity contribution in [2.75, 3.05) is 17.9 Å². The van der Waals surface area contributed by atoms with Crippen LogP contribution in [0.3, 0.4) is 0 Å². The number of hydrogen-bond donors (Lipinski definition) is 0. The normalized spacial score (nSPS) is 13.1. The van der Waals surface area contributed by atoms with E-state index in [9.17, 15) is 0 Å². The topological polar surface area (TPSA) is 17.8 Å². The first-order valence-electron chi connectivity index (χ1n) is 6.20. The summed E-state index contributed by atoms with van der Waals surface area (Å²) in [6.07, 6.45) is 2.97. The van der Waals surface area contributed by atoms with E-state index in [1.54, 1.807) is 0 Å². The molecule has 0 fully saturated rings. The van der Waals surface area contributed by atoms with Crippen LogP contribution in [0.4, 0.5) is 0 Å². The van der Waals surface area contributed by atoms with Crippen molar-refractivity contribution in [1.82, 2.24) is 9.55 Å². The van der Waals surface area contributed by atoms with Gasteiger partial charge in [0.05, 0.1) is 11.0 Å². The van der Waals surface area contributed by atoms with Crippen molar-refractivity contribution in [3.8, 4) is 0 Å². The van der Waals surface area contributed by atoms with E-state index in [4.69, 9.17) is 16.6 Å². The van der Waals surface area contributed by atoms with Crippen LogP contribution in [0, 0.1) is 6.92 Å². The van der Waals surface area contributed by atoms with Gasteiger partial charge in [-0.15, -0.1) is 11.6 Å². The van der Waals surface area contributed by atoms with Gasteiger partial charge in [-0.05, 0) is 31.7 Å². The van der Waals surface area contributed by atoms with Gasteiger partial charge in [0.1, 0.15) is 5.82 Å². The van der Waals surface area contributed by atoms with Gasteiger partial charge in [-0.1, -0.05) is 12.1 Å². The fourth-order valence-corrected chi connectivity index (χ4v) is 3.22. The first-order valence-corrected chi connectivity index (χ1v) is 8.13. The fraction of sp³-hybridized carbons (Fsp3) is 0.500. The maximum atomic E-state index is 5.90. The number of benzene rings is 1. The quantitative estimate of drug-likeness (QED) is 0.770. The standard InChI is InChI=1S/C14H19ClN2S/c1-10-5-4-6-12-14(10)17(11(2)9-18-3)13(16-12)7-8-15/h4-6,11H,7-9H2,1-3H3. The van der Waals surface area contributed by atoms with Crippen LogP contribution in [-0.2, 0) is 6.42 Å². The predicted molar refractivity (Wildman–Crippen MR) is 82.0 cm³/mol. The average molecular weight is 283 g/mol. The van der Waals surface area contributed by atoms with Crippen molar-refractivity contribution in [2.24, 2.45) is 0 Å². The number of halogens is 1. The minimum absolute atomic E-state index is 0.448. The number of aromatic nitrogens is 2. The first-order chi connectivity index (χ1) is 8.69. The second kappa shape index (κ2) is 5.98. The molecule has 0 bridgehead atoms. The van der Waals surface area contributed by atoms with Gasteiger partial charge in [-0.3, -0.25) is 0 Å². The highest BCUT2D eigenvalue weighted by molar-refractivity contribution is 7.98. The van der Waals surface area contributed by atoms with Crippen LogP contribution in [0.5, 0.6) is 0 Å². The van der Waals surface area contributed by atoms with Gasteiger partial charge in [-0.2, -0.15) is 11.8 Å². The molecule has 0 aliphatic rings. The van der Waals surface area contributed by atoms with Crippen LogP contribution in [0.15, 0.2) is 18.2 Å². The van der Waals surface area contributed by atoms with E-state index in [0.29, 0.717) is 11.9 Å². The third-order valence-corrected chi connectivity index (χ3v) is 4.16. The number of aryl methyl sites for hydroxylation is 2. The fourth-order valence-electron chi connectivity index (χ4n) is 2.42. The summed E-state index contributed by atoms with van der Waals surface area (Å²) in [6, 6.07) is 6.75. The molecule has 1 atom stereocenters. The van der Waals surface area contributed by atoms with Crippen LogP contribution in [0.25, 0.3) is 11.0 Å². The molecule has 1 aromatic carbocycles. The molecule has 0 aliphatic heterocycles. The zero-order valence-electron chi connectivity index (χ0n) is 11.1. The summed E-state index contributed by atoms with van der Waals surface area (Å²) in [6.45, 7) is 4.40. The monoisotopic (exact) mass is 282 g/mol. The third-order valence-electron chi connectivity index (χ3n) is 3.15. The van der Waals surface area contributed by atoms with E-state index in [0.717, 1.165) is 23.5 Å². The predicted octanol–water partition coefficient (Wildman–Crippen LogP) is 4.05. The summed E-state index contributed by atoms with van der Waals surface area (Å²) >= 11 is 7.77. The highest BCUT2D eigenvalue weighted by Crippen LogP contribution is 2.26. The van der Waals surface area contributed by atoms with E-state index in [-0.39, 0.29) is 0 Å². The molecule has 2 aromatic rings. The maximum absolute atomic E-state index is 5.90. The van der Waals surface area contributed by atoms with Crippen molar-refractivity contribution < 1.29 is 0 Å². The van der Waals surface area contributed by atoms with Crippen molar-refractivity contribution >= 4 is 34.4 Å². The molecule has 0 N–H and O–H groups in total. The van der Waals surface area contributed by atoms with Crippen molar-refractivity contribution in [2.45, 2.75) is 26.3 Å². The van der Waals surface area contributed by atoms with Crippen molar-refractivity contribution in [3.63, 3.8) is 0 Å². The van der Waals surface area contributed by atoms with Crippen LogP contribution in [0.1, 0.15) is 24.4 Å². The number of fused-ring (bicyclic) bond motifs is 1. The van der Waals surface area contributed by atoms with Gasteiger partial charge in [0.2, 0.25) is 0 Å². The van der Waals surface area contributed by atoms with Gasteiger partial charge >= 0.3 is 0 Å². The highest BCUT2D eigenvalue weighted by atomic mass is 35.5. The summed E-state index contributed by atoms with van der Waals surface area (Å²) in [5.74, 6) is 2.82. The Morgan fingerprint density at radius 1 is 1.44 bits per heavy atom. The lowest BCUT2D eigenvalue weighted by molar-refractivity contribution is 0.596. The average Bonchev–Trinajstić information content (AvgIpc) is 2.69. The number of nitrogens with zero attached hydrogens (tertiary/aromatic N) is 2. The van der Waals surface area contributed by atoms with Crippen LogP contribution < -0.4 is 0 Å². The lowest BCUT2D eigenvalue weighted by atomic mass is 10.2. The summed E-state index contributed by atoms with van der Waals surface area (Å²) in [5, 5.41) is 0. The Hall–Kier alpha value is -0.670. The molecule has 4 heteroatoms. The Bertz CT molecular complexity index is 536. The molecule has 0 saturated carbocycles. The number of imidazole rings is 1. The minimum atomic E-state index is 0.448. The molecule has 0 spiro atoms. The lowest BCUT2D eigenvalue weighted by Gasteiger charge is -2.17. The molecule has 18 heavy (non-hydrogen) atoms.